The van der Waals surface area contributed by atoms with Crippen molar-refractivity contribution in [3.05, 3.63) is 23.9 Å². The lowest BCUT2D eigenvalue weighted by Gasteiger charge is -2.35. The number of hydrogen-bond acceptors (Lipinski definition) is 4. The summed E-state index contributed by atoms with van der Waals surface area (Å²) in [6.45, 7) is 11.4. The highest BCUT2D eigenvalue weighted by atomic mass is 16.5. The summed E-state index contributed by atoms with van der Waals surface area (Å²) in [7, 11) is 1.71. The molecule has 1 aliphatic heterocycles. The SMILES string of the molecule is COc1ncccc1CN1C[C@@H]2CCC[C@H](CNC(C)(C)C)[C@@H]2C1. The van der Waals surface area contributed by atoms with Crippen LogP contribution in [-0.4, -0.2) is 42.2 Å². The van der Waals surface area contributed by atoms with E-state index in [2.05, 4.69) is 42.0 Å². The second-order valence-corrected chi connectivity index (χ2v) is 8.61. The lowest BCUT2D eigenvalue weighted by Crippen LogP contribution is -2.43. The number of pyridine rings is 1. The van der Waals surface area contributed by atoms with E-state index in [1.54, 1.807) is 13.3 Å². The van der Waals surface area contributed by atoms with Gasteiger partial charge < -0.3 is 10.1 Å². The Kier molecular flexibility index (Phi) is 5.46. The van der Waals surface area contributed by atoms with E-state index >= 15 is 0 Å². The zero-order valence-electron chi connectivity index (χ0n) is 15.7. The molecule has 4 nitrogen and oxygen atoms in total. The molecule has 24 heavy (non-hydrogen) atoms. The van der Waals surface area contributed by atoms with Crippen molar-refractivity contribution in [2.75, 3.05) is 26.7 Å². The molecule has 0 spiro atoms. The lowest BCUT2D eigenvalue weighted by molar-refractivity contribution is 0.182. The highest BCUT2D eigenvalue weighted by Gasteiger charge is 2.40. The summed E-state index contributed by atoms with van der Waals surface area (Å²) >= 11 is 0. The van der Waals surface area contributed by atoms with Crippen molar-refractivity contribution in [1.29, 1.82) is 0 Å². The minimum absolute atomic E-state index is 0.217. The highest BCUT2D eigenvalue weighted by Crippen LogP contribution is 2.40. The Morgan fingerprint density at radius 1 is 1.29 bits per heavy atom. The van der Waals surface area contributed by atoms with Gasteiger partial charge in [-0.3, -0.25) is 4.90 Å². The molecule has 1 saturated heterocycles. The number of hydrogen-bond donors (Lipinski definition) is 1. The van der Waals surface area contributed by atoms with Crippen molar-refractivity contribution in [3.8, 4) is 5.88 Å². The van der Waals surface area contributed by atoms with Gasteiger partial charge in [-0.1, -0.05) is 12.5 Å². The number of nitrogens with zero attached hydrogens (tertiary/aromatic N) is 2. The summed E-state index contributed by atoms with van der Waals surface area (Å²) in [5.74, 6) is 3.31. The molecule has 2 aliphatic rings. The molecule has 1 aromatic rings. The van der Waals surface area contributed by atoms with E-state index < -0.39 is 0 Å². The molecule has 1 N–H and O–H groups in total. The molecule has 0 aromatic carbocycles. The first kappa shape index (κ1) is 17.7. The lowest BCUT2D eigenvalue weighted by atomic mass is 9.73. The Morgan fingerprint density at radius 3 is 2.88 bits per heavy atom. The van der Waals surface area contributed by atoms with Gasteiger partial charge >= 0.3 is 0 Å². The Labute approximate surface area is 147 Å². The number of ether oxygens (including phenoxy) is 1. The Balaban J connectivity index is 1.62. The van der Waals surface area contributed by atoms with E-state index in [9.17, 15) is 0 Å². The molecule has 0 unspecified atom stereocenters. The number of likely N-dealkylation sites (tertiary alicyclic amines) is 1. The van der Waals surface area contributed by atoms with E-state index in [1.165, 1.54) is 37.9 Å². The monoisotopic (exact) mass is 331 g/mol. The number of methoxy groups -OCH3 is 1. The van der Waals surface area contributed by atoms with Gasteiger partial charge in [0.1, 0.15) is 0 Å². The zero-order chi connectivity index (χ0) is 17.2. The second-order valence-electron chi connectivity index (χ2n) is 8.61. The van der Waals surface area contributed by atoms with Crippen molar-refractivity contribution in [2.45, 2.75) is 52.1 Å². The summed E-state index contributed by atoms with van der Waals surface area (Å²) in [4.78, 5) is 6.96. The van der Waals surface area contributed by atoms with Crippen LogP contribution in [0.15, 0.2) is 18.3 Å². The van der Waals surface area contributed by atoms with Crippen LogP contribution < -0.4 is 10.1 Å². The van der Waals surface area contributed by atoms with Gasteiger partial charge in [-0.25, -0.2) is 4.98 Å². The quantitative estimate of drug-likeness (QED) is 0.898. The number of nitrogens with one attached hydrogen (secondary N) is 1. The smallest absolute Gasteiger partial charge is 0.217 e. The van der Waals surface area contributed by atoms with Crippen LogP contribution in [0.5, 0.6) is 5.88 Å². The highest BCUT2D eigenvalue weighted by molar-refractivity contribution is 5.25. The summed E-state index contributed by atoms with van der Waals surface area (Å²) < 4.78 is 5.42. The van der Waals surface area contributed by atoms with Gasteiger partial charge in [0.2, 0.25) is 5.88 Å². The molecule has 1 saturated carbocycles. The third-order valence-corrected chi connectivity index (χ3v) is 5.65. The Bertz CT molecular complexity index is 540. The molecule has 1 aromatic heterocycles. The first-order valence-corrected chi connectivity index (χ1v) is 9.41. The van der Waals surface area contributed by atoms with Gasteiger partial charge in [0.15, 0.2) is 0 Å². The van der Waals surface area contributed by atoms with Crippen molar-refractivity contribution < 1.29 is 4.74 Å². The molecule has 1 aliphatic carbocycles. The molecule has 4 heteroatoms. The molecule has 0 bridgehead atoms. The number of fused-ring (bicyclic) bond motifs is 1. The first-order valence-electron chi connectivity index (χ1n) is 9.41. The van der Waals surface area contributed by atoms with E-state index in [0.29, 0.717) is 0 Å². The van der Waals surface area contributed by atoms with Crippen molar-refractivity contribution in [3.63, 3.8) is 0 Å². The number of rotatable bonds is 5. The second kappa shape index (κ2) is 7.40. The third-order valence-electron chi connectivity index (χ3n) is 5.65. The van der Waals surface area contributed by atoms with Crippen LogP contribution in [-0.2, 0) is 6.54 Å². The van der Waals surface area contributed by atoms with Crippen LogP contribution in [0.2, 0.25) is 0 Å². The molecule has 3 rings (SSSR count). The fraction of sp³-hybridized carbons (Fsp3) is 0.750. The van der Waals surface area contributed by atoms with E-state index in [0.717, 1.165) is 36.7 Å². The Hall–Kier alpha value is -1.13. The van der Waals surface area contributed by atoms with Gasteiger partial charge in [-0.15, -0.1) is 0 Å². The van der Waals surface area contributed by atoms with Crippen LogP contribution in [0.3, 0.4) is 0 Å². The average Bonchev–Trinajstić information content (AvgIpc) is 2.95. The first-order chi connectivity index (χ1) is 11.5. The van der Waals surface area contributed by atoms with E-state index in [4.69, 9.17) is 4.74 Å². The molecular formula is C20H33N3O. The molecule has 2 fully saturated rings. The molecule has 134 valence electrons. The van der Waals surface area contributed by atoms with Crippen LogP contribution >= 0.6 is 0 Å². The van der Waals surface area contributed by atoms with Gasteiger partial charge in [0.05, 0.1) is 7.11 Å². The summed E-state index contributed by atoms with van der Waals surface area (Å²) in [5, 5.41) is 3.74. The fourth-order valence-corrected chi connectivity index (χ4v) is 4.47. The summed E-state index contributed by atoms with van der Waals surface area (Å²) in [6.07, 6.45) is 5.98. The topological polar surface area (TPSA) is 37.4 Å². The number of aromatic nitrogens is 1. The standard InChI is InChI=1S/C20H33N3O/c1-20(2,3)22-11-15-7-5-8-16-12-23(14-18(15)16)13-17-9-6-10-21-19(17)24-4/h6,9-10,15-16,18,22H,5,7-8,11-14H2,1-4H3/t15-,16+,18+/m1/s1. The average molecular weight is 332 g/mol. The Morgan fingerprint density at radius 2 is 2.12 bits per heavy atom. The van der Waals surface area contributed by atoms with Crippen LogP contribution in [0.4, 0.5) is 0 Å². The van der Waals surface area contributed by atoms with Crippen molar-refractivity contribution >= 4 is 0 Å². The molecule has 3 atom stereocenters. The summed E-state index contributed by atoms with van der Waals surface area (Å²) in [5.41, 5.74) is 1.43. The van der Waals surface area contributed by atoms with Crippen LogP contribution in [0.25, 0.3) is 0 Å². The van der Waals surface area contributed by atoms with Crippen molar-refractivity contribution in [2.24, 2.45) is 17.8 Å². The van der Waals surface area contributed by atoms with E-state index in [1.807, 2.05) is 6.07 Å². The molecular weight excluding hydrogens is 298 g/mol. The maximum absolute atomic E-state index is 5.42. The molecule has 0 amide bonds. The molecule has 2 heterocycles. The minimum Gasteiger partial charge on any atom is -0.481 e. The third kappa shape index (κ3) is 4.28. The van der Waals surface area contributed by atoms with Gasteiger partial charge in [-0.05, 0) is 64.0 Å². The van der Waals surface area contributed by atoms with Crippen LogP contribution in [0.1, 0.15) is 45.6 Å². The predicted molar refractivity (Wildman–Crippen MR) is 98.1 cm³/mol. The maximum atomic E-state index is 5.42. The van der Waals surface area contributed by atoms with Gasteiger partial charge in [0, 0.05) is 36.9 Å². The van der Waals surface area contributed by atoms with Gasteiger partial charge in [-0.2, -0.15) is 0 Å². The molecule has 0 radical (unpaired) electrons. The summed E-state index contributed by atoms with van der Waals surface area (Å²) in [6, 6.07) is 4.16. The normalized spacial score (nSPS) is 27.9. The van der Waals surface area contributed by atoms with Crippen molar-refractivity contribution in [1.82, 2.24) is 15.2 Å². The maximum Gasteiger partial charge on any atom is 0.217 e. The van der Waals surface area contributed by atoms with Gasteiger partial charge in [0.25, 0.3) is 0 Å². The van der Waals surface area contributed by atoms with E-state index in [-0.39, 0.29) is 5.54 Å². The minimum atomic E-state index is 0.217. The fourth-order valence-electron chi connectivity index (χ4n) is 4.47. The largest absolute Gasteiger partial charge is 0.481 e. The zero-order valence-corrected chi connectivity index (χ0v) is 15.7. The predicted octanol–water partition coefficient (Wildman–Crippen LogP) is 3.33. The van der Waals surface area contributed by atoms with Crippen LogP contribution in [0, 0.1) is 17.8 Å².